The second-order valence-electron chi connectivity index (χ2n) is 6.56. The van der Waals surface area contributed by atoms with Gasteiger partial charge in [0, 0.05) is 18.9 Å². The Labute approximate surface area is 179 Å². The van der Waals surface area contributed by atoms with E-state index in [4.69, 9.17) is 4.74 Å². The average Bonchev–Trinajstić information content (AvgIpc) is 3.19. The van der Waals surface area contributed by atoms with E-state index in [0.29, 0.717) is 23.1 Å². The number of nitrogens with one attached hydrogen (secondary N) is 2. The van der Waals surface area contributed by atoms with Gasteiger partial charge in [0.1, 0.15) is 18.7 Å². The second-order valence-corrected chi connectivity index (χ2v) is 8.24. The largest absolute Gasteiger partial charge is 0.486 e. The summed E-state index contributed by atoms with van der Waals surface area (Å²) in [6.45, 7) is 0.227. The van der Waals surface area contributed by atoms with Gasteiger partial charge in [0.25, 0.3) is 10.0 Å². The Morgan fingerprint density at radius 2 is 1.74 bits per heavy atom. The highest BCUT2D eigenvalue weighted by molar-refractivity contribution is 7.92. The zero-order chi connectivity index (χ0) is 21.7. The van der Waals surface area contributed by atoms with E-state index in [1.807, 2.05) is 30.3 Å². The molecule has 0 radical (unpaired) electrons. The molecule has 0 atom stereocenters. The molecule has 0 saturated heterocycles. The van der Waals surface area contributed by atoms with Crippen molar-refractivity contribution in [2.75, 3.05) is 10.0 Å². The van der Waals surface area contributed by atoms with Gasteiger partial charge in [0.2, 0.25) is 0 Å². The number of rotatable bonds is 8. The van der Waals surface area contributed by atoms with E-state index in [-0.39, 0.29) is 11.5 Å². The summed E-state index contributed by atoms with van der Waals surface area (Å²) in [5.41, 5.74) is 1.14. The number of benzene rings is 2. The summed E-state index contributed by atoms with van der Waals surface area (Å²) >= 11 is 0. The highest BCUT2D eigenvalue weighted by Crippen LogP contribution is 2.26. The molecule has 2 heterocycles. The quantitative estimate of drug-likeness (QED) is 0.436. The van der Waals surface area contributed by atoms with Crippen molar-refractivity contribution in [3.63, 3.8) is 0 Å². The molecule has 0 amide bonds. The van der Waals surface area contributed by atoms with Crippen molar-refractivity contribution in [3.05, 3.63) is 85.1 Å². The second kappa shape index (κ2) is 8.84. The molecule has 0 fully saturated rings. The van der Waals surface area contributed by atoms with Gasteiger partial charge in [0.15, 0.2) is 11.6 Å². The monoisotopic (exact) mass is 436 g/mol. The average molecular weight is 436 g/mol. The first kappa shape index (κ1) is 20.4. The molecule has 4 rings (SSSR count). The Balaban J connectivity index is 1.47. The lowest BCUT2D eigenvalue weighted by molar-refractivity contribution is 0.289. The Bertz CT molecular complexity index is 1260. The number of aromatic nitrogens is 4. The Hall–Kier alpha value is -3.92. The number of ether oxygens (including phenoxy) is 1. The SMILES string of the molecule is Cn1ncnc1COc1ccc(S(=O)(=O)Nc2cccnc2Nc2ccccc2)cc1. The molecule has 0 spiro atoms. The topological polar surface area (TPSA) is 111 Å². The van der Waals surface area contributed by atoms with E-state index in [1.54, 1.807) is 42.2 Å². The fourth-order valence-corrected chi connectivity index (χ4v) is 3.83. The van der Waals surface area contributed by atoms with Crippen LogP contribution in [0, 0.1) is 0 Å². The molecule has 0 unspecified atom stereocenters. The van der Waals surface area contributed by atoms with Crippen LogP contribution in [-0.4, -0.2) is 28.2 Å². The van der Waals surface area contributed by atoms with E-state index >= 15 is 0 Å². The molecule has 0 bridgehead atoms. The summed E-state index contributed by atoms with van der Waals surface area (Å²) in [6, 6.07) is 18.9. The molecule has 158 valence electrons. The number of nitrogens with zero attached hydrogens (tertiary/aromatic N) is 4. The lowest BCUT2D eigenvalue weighted by Crippen LogP contribution is -2.14. The first-order valence-electron chi connectivity index (χ1n) is 9.37. The molecule has 0 aliphatic rings. The Morgan fingerprint density at radius 1 is 0.968 bits per heavy atom. The highest BCUT2D eigenvalue weighted by atomic mass is 32.2. The molecular weight excluding hydrogens is 416 g/mol. The van der Waals surface area contributed by atoms with Gasteiger partial charge in [-0.25, -0.2) is 18.4 Å². The first-order chi connectivity index (χ1) is 15.0. The maximum absolute atomic E-state index is 12.9. The van der Waals surface area contributed by atoms with Crippen LogP contribution < -0.4 is 14.8 Å². The van der Waals surface area contributed by atoms with Crippen LogP contribution in [0.25, 0.3) is 0 Å². The zero-order valence-corrected chi connectivity index (χ0v) is 17.5. The van der Waals surface area contributed by atoms with Gasteiger partial charge >= 0.3 is 0 Å². The lowest BCUT2D eigenvalue weighted by atomic mass is 10.3. The molecule has 2 N–H and O–H groups in total. The molecule has 0 aliphatic carbocycles. The molecule has 2 aromatic heterocycles. The molecule has 9 nitrogen and oxygen atoms in total. The molecule has 2 aromatic carbocycles. The minimum atomic E-state index is -3.82. The molecule has 31 heavy (non-hydrogen) atoms. The van der Waals surface area contributed by atoms with Gasteiger partial charge in [-0.05, 0) is 48.5 Å². The van der Waals surface area contributed by atoms with Crippen molar-refractivity contribution >= 4 is 27.2 Å². The van der Waals surface area contributed by atoms with Crippen molar-refractivity contribution in [3.8, 4) is 5.75 Å². The van der Waals surface area contributed by atoms with Gasteiger partial charge < -0.3 is 10.1 Å². The normalized spacial score (nSPS) is 11.1. The molecule has 0 saturated carbocycles. The molecule has 10 heteroatoms. The molecular formula is C21H20N6O3S. The van der Waals surface area contributed by atoms with E-state index in [1.165, 1.54) is 18.5 Å². The summed E-state index contributed by atoms with van der Waals surface area (Å²) in [4.78, 5) is 8.44. The summed E-state index contributed by atoms with van der Waals surface area (Å²) in [7, 11) is -2.05. The third-order valence-electron chi connectivity index (χ3n) is 4.40. The summed E-state index contributed by atoms with van der Waals surface area (Å²) in [5.74, 6) is 1.59. The van der Waals surface area contributed by atoms with Crippen LogP contribution in [0.4, 0.5) is 17.2 Å². The third-order valence-corrected chi connectivity index (χ3v) is 5.78. The summed E-state index contributed by atoms with van der Waals surface area (Å²) < 4.78 is 35.6. The lowest BCUT2D eigenvalue weighted by Gasteiger charge is -2.13. The van der Waals surface area contributed by atoms with Crippen molar-refractivity contribution in [1.82, 2.24) is 19.7 Å². The van der Waals surface area contributed by atoms with Gasteiger partial charge in [-0.15, -0.1) is 0 Å². The first-order valence-corrected chi connectivity index (χ1v) is 10.9. The van der Waals surface area contributed by atoms with Gasteiger partial charge in [-0.2, -0.15) is 5.10 Å². The fourth-order valence-electron chi connectivity index (χ4n) is 2.76. The van der Waals surface area contributed by atoms with Crippen molar-refractivity contribution < 1.29 is 13.2 Å². The minimum absolute atomic E-state index is 0.105. The van der Waals surface area contributed by atoms with E-state index < -0.39 is 10.0 Å². The number of anilines is 3. The van der Waals surface area contributed by atoms with Crippen LogP contribution >= 0.6 is 0 Å². The third kappa shape index (κ3) is 4.98. The smallest absolute Gasteiger partial charge is 0.262 e. The van der Waals surface area contributed by atoms with Gasteiger partial charge in [0.05, 0.1) is 10.6 Å². The predicted octanol–water partition coefficient (Wildman–Crippen LogP) is 3.33. The number of hydrogen-bond acceptors (Lipinski definition) is 7. The fraction of sp³-hybridized carbons (Fsp3) is 0.0952. The Morgan fingerprint density at radius 3 is 2.45 bits per heavy atom. The van der Waals surface area contributed by atoms with Crippen LogP contribution in [0.2, 0.25) is 0 Å². The zero-order valence-electron chi connectivity index (χ0n) is 16.6. The maximum Gasteiger partial charge on any atom is 0.262 e. The maximum atomic E-state index is 12.9. The number of para-hydroxylation sites is 1. The van der Waals surface area contributed by atoms with Crippen LogP contribution in [0.15, 0.2) is 84.1 Å². The summed E-state index contributed by atoms with van der Waals surface area (Å²) in [5, 5.41) is 7.10. The number of pyridine rings is 1. The highest BCUT2D eigenvalue weighted by Gasteiger charge is 2.17. The number of sulfonamides is 1. The van der Waals surface area contributed by atoms with Crippen LogP contribution in [0.1, 0.15) is 5.82 Å². The standard InChI is InChI=1S/C21H20N6O3S/c1-27-20(23-15-24-27)14-30-17-9-11-18(12-10-17)31(28,29)26-19-8-5-13-22-21(19)25-16-6-3-2-4-7-16/h2-13,15,26H,14H2,1H3,(H,22,25). The van der Waals surface area contributed by atoms with Gasteiger partial charge in [-0.3, -0.25) is 9.40 Å². The van der Waals surface area contributed by atoms with E-state index in [9.17, 15) is 8.42 Å². The summed E-state index contributed by atoms with van der Waals surface area (Å²) in [6.07, 6.45) is 3.03. The van der Waals surface area contributed by atoms with Crippen molar-refractivity contribution in [2.24, 2.45) is 7.05 Å². The number of hydrogen-bond donors (Lipinski definition) is 2. The van der Waals surface area contributed by atoms with Crippen molar-refractivity contribution in [2.45, 2.75) is 11.5 Å². The molecule has 4 aromatic rings. The predicted molar refractivity (Wildman–Crippen MR) is 117 cm³/mol. The van der Waals surface area contributed by atoms with Crippen LogP contribution in [0.5, 0.6) is 5.75 Å². The minimum Gasteiger partial charge on any atom is -0.486 e. The Kier molecular flexibility index (Phi) is 5.80. The van der Waals surface area contributed by atoms with E-state index in [0.717, 1.165) is 5.69 Å². The van der Waals surface area contributed by atoms with Crippen LogP contribution in [0.3, 0.4) is 0 Å². The van der Waals surface area contributed by atoms with Crippen LogP contribution in [-0.2, 0) is 23.7 Å². The number of aryl methyl sites for hydroxylation is 1. The van der Waals surface area contributed by atoms with E-state index in [2.05, 4.69) is 25.1 Å². The van der Waals surface area contributed by atoms with Gasteiger partial charge in [-0.1, -0.05) is 18.2 Å². The molecule has 0 aliphatic heterocycles. The van der Waals surface area contributed by atoms with Crippen molar-refractivity contribution in [1.29, 1.82) is 0 Å².